The molecular weight excluding hydrogens is 693 g/mol. The number of fused-ring (bicyclic) bond motifs is 6. The summed E-state index contributed by atoms with van der Waals surface area (Å²) in [4.78, 5) is 20.6. The number of carbonyl (C=O) groups is 1. The molecule has 3 aliphatic carbocycles. The van der Waals surface area contributed by atoms with E-state index in [2.05, 4.69) is 16.0 Å². The molecule has 5 heterocycles. The van der Waals surface area contributed by atoms with Crippen molar-refractivity contribution in [3.63, 3.8) is 0 Å². The molecule has 3 saturated carbocycles. The number of aryl methyl sites for hydroxylation is 2. The Kier molecular flexibility index (Phi) is 7.50. The van der Waals surface area contributed by atoms with Gasteiger partial charge in [0.1, 0.15) is 5.52 Å². The second-order valence-electron chi connectivity index (χ2n) is 14.6. The van der Waals surface area contributed by atoms with Crippen molar-refractivity contribution < 1.29 is 27.1 Å². The third kappa shape index (κ3) is 4.89. The van der Waals surface area contributed by atoms with Gasteiger partial charge >= 0.3 is 6.36 Å². The van der Waals surface area contributed by atoms with E-state index < -0.39 is 30.2 Å². The van der Waals surface area contributed by atoms with Gasteiger partial charge in [0.25, 0.3) is 0 Å². The van der Waals surface area contributed by atoms with Gasteiger partial charge in [-0.15, -0.1) is 13.2 Å². The number of piperidine rings is 1. The largest absolute Gasteiger partial charge is 0.522 e. The van der Waals surface area contributed by atoms with Gasteiger partial charge in [0.05, 0.1) is 39.8 Å². The molecule has 0 radical (unpaired) electrons. The van der Waals surface area contributed by atoms with Crippen molar-refractivity contribution in [2.45, 2.75) is 88.5 Å². The summed E-state index contributed by atoms with van der Waals surface area (Å²) in [6.45, 7) is 2.60. The molecule has 50 heavy (non-hydrogen) atoms. The highest BCUT2D eigenvalue weighted by Gasteiger charge is 2.59. The first-order valence-corrected chi connectivity index (χ1v) is 18.0. The molecule has 0 spiro atoms. The summed E-state index contributed by atoms with van der Waals surface area (Å²) in [5.41, 5.74) is 3.38. The molecule has 4 aromatic rings. The third-order valence-electron chi connectivity index (χ3n) is 11.8. The summed E-state index contributed by atoms with van der Waals surface area (Å²) < 4.78 is 65.2. The van der Waals surface area contributed by atoms with Crippen molar-refractivity contribution in [2.75, 3.05) is 6.54 Å². The minimum atomic E-state index is -4.80. The lowest BCUT2D eigenvalue weighted by atomic mass is 9.79. The van der Waals surface area contributed by atoms with Crippen LogP contribution in [-0.4, -0.2) is 51.5 Å². The van der Waals surface area contributed by atoms with E-state index in [1.165, 1.54) is 0 Å². The number of halogens is 6. The van der Waals surface area contributed by atoms with Gasteiger partial charge in [-0.3, -0.25) is 9.53 Å². The average molecular weight is 727 g/mol. The number of alkyl halides is 3. The molecule has 0 unspecified atom stereocenters. The molecule has 6 aliphatic rings. The van der Waals surface area contributed by atoms with Crippen molar-refractivity contribution in [3.8, 4) is 17.2 Å². The zero-order chi connectivity index (χ0) is 34.8. The molecule has 4 bridgehead atoms. The SMILES string of the molecule is Cc1nc2c(F)c(-c3cccc(Cl)c3Cl)c(CCC#N)cc2c2c1cc([C@H]1[C@H]3C[C@H](C[C@@H]3OC(F)(F)F)N1C(=O)C1CC1)n2[C@H]1[C@H]2CN[C@@H]1C2. The molecule has 10 rings (SSSR count). The molecule has 3 aliphatic heterocycles. The van der Waals surface area contributed by atoms with E-state index in [-0.39, 0.29) is 76.3 Å². The molecule has 7 nitrogen and oxygen atoms in total. The van der Waals surface area contributed by atoms with Gasteiger partial charge in [0, 0.05) is 70.2 Å². The Bertz CT molecular complexity index is 2130. The van der Waals surface area contributed by atoms with Gasteiger partial charge in [0.15, 0.2) is 5.82 Å². The van der Waals surface area contributed by atoms with E-state index in [4.69, 9.17) is 32.9 Å². The van der Waals surface area contributed by atoms with Crippen LogP contribution in [-0.2, 0) is 16.0 Å². The number of ether oxygens (including phenoxy) is 1. The van der Waals surface area contributed by atoms with Crippen molar-refractivity contribution >= 4 is 50.9 Å². The number of aromatic nitrogens is 2. The Morgan fingerprint density at radius 2 is 1.96 bits per heavy atom. The van der Waals surface area contributed by atoms with Crippen LogP contribution < -0.4 is 5.32 Å². The number of pyridine rings is 1. The fourth-order valence-electron chi connectivity index (χ4n) is 9.59. The lowest BCUT2D eigenvalue weighted by molar-refractivity contribution is -0.349. The van der Waals surface area contributed by atoms with Gasteiger partial charge in [-0.25, -0.2) is 9.37 Å². The number of carbonyl (C=O) groups excluding carboxylic acids is 1. The van der Waals surface area contributed by atoms with E-state index >= 15 is 4.39 Å². The van der Waals surface area contributed by atoms with E-state index in [9.17, 15) is 23.2 Å². The maximum Gasteiger partial charge on any atom is 0.522 e. The maximum atomic E-state index is 17.1. The first-order valence-electron chi connectivity index (χ1n) is 17.2. The summed E-state index contributed by atoms with van der Waals surface area (Å²) in [5, 5.41) is 14.9. The van der Waals surface area contributed by atoms with E-state index in [1.54, 1.807) is 18.2 Å². The molecule has 2 aromatic carbocycles. The monoisotopic (exact) mass is 725 g/mol. The Morgan fingerprint density at radius 3 is 2.64 bits per heavy atom. The molecular formula is C37H33Cl2F4N5O2. The second-order valence-corrected chi connectivity index (χ2v) is 15.4. The standard InChI is InChI=1S/C37H33Cl2F4N5O2/c1-16-22-14-27(35-23-12-20(13-28(23)50-37(41,42)43)47(35)36(49)17-7-8-17)48(33-19-11-26(33)45-15-19)34(22)24-10-18(4-3-9-44)29(31(40)32(24)46-16)21-5-2-6-25(38)30(21)39/h2,5-6,10,14,17,19-20,23,26,28,33,35,45H,3-4,7-8,11-13,15H2,1H3/t19-,20-,23+,26-,28+,33+,35-/m1/s1. The van der Waals surface area contributed by atoms with Gasteiger partial charge < -0.3 is 14.8 Å². The quantitative estimate of drug-likeness (QED) is 0.193. The number of hydrogen-bond acceptors (Lipinski definition) is 5. The topological polar surface area (TPSA) is 83.2 Å². The Hall–Kier alpha value is -3.43. The van der Waals surface area contributed by atoms with Crippen molar-refractivity contribution in [1.29, 1.82) is 5.26 Å². The molecule has 13 heteroatoms. The second kappa shape index (κ2) is 11.5. The van der Waals surface area contributed by atoms with Crippen LogP contribution in [0.2, 0.25) is 10.0 Å². The number of rotatable bonds is 7. The molecule has 1 N–H and O–H groups in total. The number of amides is 1. The molecule has 1 amide bonds. The highest BCUT2D eigenvalue weighted by Crippen LogP contribution is 2.57. The normalized spacial score (nSPS) is 28.5. The molecule has 2 aromatic heterocycles. The fourth-order valence-corrected chi connectivity index (χ4v) is 9.99. The van der Waals surface area contributed by atoms with Gasteiger partial charge in [-0.2, -0.15) is 5.26 Å². The van der Waals surface area contributed by atoms with Crippen LogP contribution >= 0.6 is 23.2 Å². The smallest absolute Gasteiger partial charge is 0.337 e. The highest BCUT2D eigenvalue weighted by atomic mass is 35.5. The minimum absolute atomic E-state index is 0.00736. The van der Waals surface area contributed by atoms with Crippen LogP contribution in [0.4, 0.5) is 17.6 Å². The highest BCUT2D eigenvalue weighted by molar-refractivity contribution is 6.43. The zero-order valence-electron chi connectivity index (χ0n) is 27.0. The number of benzene rings is 2. The summed E-state index contributed by atoms with van der Waals surface area (Å²) in [6, 6.07) is 10.1. The van der Waals surface area contributed by atoms with Crippen molar-refractivity contribution in [2.24, 2.45) is 17.8 Å². The number of nitriles is 1. The number of hydrogen-bond donors (Lipinski definition) is 1. The van der Waals surface area contributed by atoms with Crippen LogP contribution in [0.15, 0.2) is 30.3 Å². The first-order chi connectivity index (χ1) is 23.9. The lowest BCUT2D eigenvalue weighted by Crippen LogP contribution is -2.48. The molecule has 260 valence electrons. The molecule has 6 fully saturated rings. The predicted molar refractivity (Wildman–Crippen MR) is 180 cm³/mol. The first kappa shape index (κ1) is 32.5. The third-order valence-corrected chi connectivity index (χ3v) is 12.6. The summed E-state index contributed by atoms with van der Waals surface area (Å²) in [6.07, 6.45) is -2.43. The van der Waals surface area contributed by atoms with Crippen LogP contribution in [0.1, 0.15) is 67.6 Å². The van der Waals surface area contributed by atoms with E-state index in [0.717, 1.165) is 42.4 Å². The van der Waals surface area contributed by atoms with Crippen LogP contribution in [0.25, 0.3) is 32.9 Å². The van der Waals surface area contributed by atoms with Crippen LogP contribution in [0.5, 0.6) is 0 Å². The maximum absolute atomic E-state index is 17.1. The number of nitrogens with one attached hydrogen (secondary N) is 1. The lowest BCUT2D eigenvalue weighted by Gasteiger charge is -2.43. The number of nitrogens with zero attached hydrogens (tertiary/aromatic N) is 4. The van der Waals surface area contributed by atoms with Crippen LogP contribution in [0, 0.1) is 41.8 Å². The van der Waals surface area contributed by atoms with Crippen molar-refractivity contribution in [3.05, 3.63) is 63.1 Å². The minimum Gasteiger partial charge on any atom is -0.337 e. The van der Waals surface area contributed by atoms with E-state index in [1.807, 2.05) is 24.0 Å². The molecule has 7 atom stereocenters. The van der Waals surface area contributed by atoms with Gasteiger partial charge in [-0.1, -0.05) is 35.3 Å². The zero-order valence-corrected chi connectivity index (χ0v) is 28.5. The number of likely N-dealkylation sites (tertiary alicyclic amines) is 1. The van der Waals surface area contributed by atoms with Gasteiger partial charge in [0.2, 0.25) is 5.91 Å². The van der Waals surface area contributed by atoms with E-state index in [0.29, 0.717) is 28.6 Å². The van der Waals surface area contributed by atoms with Gasteiger partial charge in [-0.05, 0) is 75.1 Å². The van der Waals surface area contributed by atoms with Crippen LogP contribution in [0.3, 0.4) is 0 Å². The Morgan fingerprint density at radius 1 is 1.16 bits per heavy atom. The summed E-state index contributed by atoms with van der Waals surface area (Å²) in [5.74, 6) is -1.00. The summed E-state index contributed by atoms with van der Waals surface area (Å²) in [7, 11) is 0. The predicted octanol–water partition coefficient (Wildman–Crippen LogP) is 8.58. The Balaban J connectivity index is 1.31. The fraction of sp³-hybridized carbons (Fsp3) is 0.486. The Labute approximate surface area is 295 Å². The average Bonchev–Trinajstić information content (AvgIpc) is 3.44. The summed E-state index contributed by atoms with van der Waals surface area (Å²) >= 11 is 13.0. The molecule has 3 saturated heterocycles. The van der Waals surface area contributed by atoms with Crippen molar-refractivity contribution in [1.82, 2.24) is 19.8 Å².